The number of halogens is 1. The average Bonchev–Trinajstić information content (AvgIpc) is 3.43. The van der Waals surface area contributed by atoms with Crippen molar-refractivity contribution >= 4 is 37.2 Å². The zero-order valence-electron chi connectivity index (χ0n) is 18.9. The first-order valence-electron chi connectivity index (χ1n) is 10.4. The Morgan fingerprint density at radius 2 is 1.67 bits per heavy atom. The Hall–Kier alpha value is -1.97. The summed E-state index contributed by atoms with van der Waals surface area (Å²) in [7, 11) is -0.628. The largest absolute Gasteiger partial charge is 0.495 e. The molecule has 1 aliphatic rings. The molecule has 0 bridgehead atoms. The van der Waals surface area contributed by atoms with Crippen LogP contribution < -0.4 is 9.64 Å². The van der Waals surface area contributed by atoms with E-state index in [4.69, 9.17) is 16.3 Å². The van der Waals surface area contributed by atoms with Gasteiger partial charge in [0.15, 0.2) is 0 Å². The van der Waals surface area contributed by atoms with Gasteiger partial charge in [0.25, 0.3) is 0 Å². The number of carbonyl (C=O) groups excluding carboxylic acids is 1. The van der Waals surface area contributed by atoms with Crippen LogP contribution >= 0.6 is 11.6 Å². The average molecular weight is 450 g/mol. The second kappa shape index (κ2) is 9.03. The number of rotatable bonds is 7. The highest BCUT2D eigenvalue weighted by Crippen LogP contribution is 2.46. The van der Waals surface area contributed by atoms with Gasteiger partial charge in [-0.3, -0.25) is 9.69 Å². The van der Waals surface area contributed by atoms with Crippen molar-refractivity contribution in [1.29, 1.82) is 0 Å². The summed E-state index contributed by atoms with van der Waals surface area (Å²) in [6, 6.07) is 4.87. The second-order valence-corrected chi connectivity index (χ2v) is 14.9. The Morgan fingerprint density at radius 1 is 1.13 bits per heavy atom. The van der Waals surface area contributed by atoms with Gasteiger partial charge in [-0.15, -0.1) is 5.54 Å². The summed E-state index contributed by atoms with van der Waals surface area (Å²) in [5, 5.41) is 10.2. The Morgan fingerprint density at radius 3 is 2.03 bits per heavy atom. The fraction of sp³-hybridized carbons (Fsp3) is 0.565. The topological polar surface area (TPSA) is 66.8 Å². The van der Waals surface area contributed by atoms with Crippen molar-refractivity contribution in [3.8, 4) is 17.2 Å². The number of hydrogen-bond donors (Lipinski definition) is 1. The molecule has 1 aliphatic carbocycles. The number of ether oxygens (including phenoxy) is 1. The predicted molar refractivity (Wildman–Crippen MR) is 124 cm³/mol. The number of anilines is 1. The first kappa shape index (κ1) is 24.3. The molecule has 7 heteroatoms. The Balaban J connectivity index is 2.57. The van der Waals surface area contributed by atoms with E-state index in [2.05, 4.69) is 53.0 Å². The van der Waals surface area contributed by atoms with E-state index in [1.807, 2.05) is 0 Å². The third kappa shape index (κ3) is 4.24. The van der Waals surface area contributed by atoms with Crippen molar-refractivity contribution < 1.29 is 19.4 Å². The molecular formula is C23H32ClNO4Si. The third-order valence-corrected chi connectivity index (χ3v) is 13.0. The number of carboxylic acid groups (broad SMARTS) is 1. The summed E-state index contributed by atoms with van der Waals surface area (Å²) >= 11 is 6.26. The highest BCUT2D eigenvalue weighted by molar-refractivity contribution is 6.90. The lowest BCUT2D eigenvalue weighted by Gasteiger charge is -2.38. The van der Waals surface area contributed by atoms with Crippen LogP contribution in [0.15, 0.2) is 18.2 Å². The number of benzene rings is 1. The molecule has 1 saturated carbocycles. The highest BCUT2D eigenvalue weighted by atomic mass is 35.5. The van der Waals surface area contributed by atoms with Crippen molar-refractivity contribution in [2.24, 2.45) is 0 Å². The predicted octanol–water partition coefficient (Wildman–Crippen LogP) is 5.52. The lowest BCUT2D eigenvalue weighted by Crippen LogP contribution is -2.48. The van der Waals surface area contributed by atoms with E-state index in [1.165, 1.54) is 12.0 Å². The summed E-state index contributed by atoms with van der Waals surface area (Å²) in [5.74, 6) is 1.82. The summed E-state index contributed by atoms with van der Waals surface area (Å²) in [6.07, 6.45) is 0.779. The number of methoxy groups -OCH3 is 1. The van der Waals surface area contributed by atoms with Gasteiger partial charge in [-0.25, -0.2) is 4.79 Å². The summed E-state index contributed by atoms with van der Waals surface area (Å²) in [4.78, 5) is 26.7. The van der Waals surface area contributed by atoms with Crippen LogP contribution in [0.2, 0.25) is 21.6 Å². The SMILES string of the molecule is COc1ccc(N(C(=O)C#C[Si](C(C)C)(C(C)C)C(C)C)C2(C(=O)O)CC2)cc1Cl. The number of amides is 1. The first-order chi connectivity index (χ1) is 13.9. The molecule has 0 atom stereocenters. The molecule has 0 radical (unpaired) electrons. The molecule has 1 N–H and O–H groups in total. The quantitative estimate of drug-likeness (QED) is 0.439. The molecule has 0 aliphatic heterocycles. The zero-order chi connectivity index (χ0) is 22.9. The van der Waals surface area contributed by atoms with Crippen LogP contribution in [0, 0.1) is 11.5 Å². The molecule has 0 unspecified atom stereocenters. The molecular weight excluding hydrogens is 418 g/mol. The van der Waals surface area contributed by atoms with E-state index < -0.39 is 25.5 Å². The molecule has 0 heterocycles. The molecule has 1 fully saturated rings. The molecule has 1 aromatic carbocycles. The summed E-state index contributed by atoms with van der Waals surface area (Å²) in [6.45, 7) is 13.0. The lowest BCUT2D eigenvalue weighted by molar-refractivity contribution is -0.140. The number of hydrogen-bond acceptors (Lipinski definition) is 3. The second-order valence-electron chi connectivity index (χ2n) is 8.94. The molecule has 2 rings (SSSR count). The van der Waals surface area contributed by atoms with Gasteiger partial charge in [0.05, 0.1) is 12.1 Å². The van der Waals surface area contributed by atoms with Crippen LogP contribution in [0.1, 0.15) is 54.4 Å². The van der Waals surface area contributed by atoms with E-state index in [9.17, 15) is 14.7 Å². The molecule has 1 amide bonds. The van der Waals surface area contributed by atoms with Crippen molar-refractivity contribution in [3.05, 3.63) is 23.2 Å². The lowest BCUT2D eigenvalue weighted by atomic mass is 10.1. The normalized spacial score (nSPS) is 15.0. The molecule has 0 aromatic heterocycles. The van der Waals surface area contributed by atoms with Gasteiger partial charge in [-0.05, 0) is 53.6 Å². The van der Waals surface area contributed by atoms with Crippen molar-refractivity contribution in [1.82, 2.24) is 0 Å². The first-order valence-corrected chi connectivity index (χ1v) is 13.0. The van der Waals surface area contributed by atoms with Gasteiger partial charge in [0, 0.05) is 5.69 Å². The minimum atomic E-state index is -2.13. The van der Waals surface area contributed by atoms with E-state index in [1.54, 1.807) is 18.2 Å². The summed E-state index contributed by atoms with van der Waals surface area (Å²) < 4.78 is 5.19. The number of nitrogens with zero attached hydrogens (tertiary/aromatic N) is 1. The molecule has 164 valence electrons. The number of carbonyl (C=O) groups is 2. The maximum Gasteiger partial charge on any atom is 0.330 e. The van der Waals surface area contributed by atoms with Crippen molar-refractivity contribution in [3.63, 3.8) is 0 Å². The zero-order valence-corrected chi connectivity index (χ0v) is 20.6. The van der Waals surface area contributed by atoms with E-state index in [0.717, 1.165) is 0 Å². The maximum absolute atomic E-state index is 13.4. The van der Waals surface area contributed by atoms with E-state index in [-0.39, 0.29) is 0 Å². The molecule has 0 spiro atoms. The van der Waals surface area contributed by atoms with Gasteiger partial charge in [0.2, 0.25) is 0 Å². The molecule has 1 aromatic rings. The van der Waals surface area contributed by atoms with Gasteiger partial charge < -0.3 is 9.84 Å². The van der Waals surface area contributed by atoms with E-state index >= 15 is 0 Å². The molecule has 0 saturated heterocycles. The van der Waals surface area contributed by atoms with Crippen LogP contribution in [-0.4, -0.2) is 37.7 Å². The van der Waals surface area contributed by atoms with Crippen molar-refractivity contribution in [2.45, 2.75) is 76.5 Å². The third-order valence-electron chi connectivity index (χ3n) is 6.40. The Bertz CT molecular complexity index is 859. The monoisotopic (exact) mass is 449 g/mol. The van der Waals surface area contributed by atoms with Crippen molar-refractivity contribution in [2.75, 3.05) is 12.0 Å². The molecule has 5 nitrogen and oxygen atoms in total. The van der Waals surface area contributed by atoms with Crippen LogP contribution in [0.25, 0.3) is 0 Å². The smallest absolute Gasteiger partial charge is 0.330 e. The fourth-order valence-corrected chi connectivity index (χ4v) is 10.1. The summed E-state index contributed by atoms with van der Waals surface area (Å²) in [5.41, 5.74) is 3.68. The highest BCUT2D eigenvalue weighted by Gasteiger charge is 2.57. The number of carboxylic acids is 1. The van der Waals surface area contributed by atoms with E-state index in [0.29, 0.717) is 45.9 Å². The van der Waals surface area contributed by atoms with Crippen LogP contribution in [0.4, 0.5) is 5.69 Å². The minimum Gasteiger partial charge on any atom is -0.495 e. The molecule has 30 heavy (non-hydrogen) atoms. The van der Waals surface area contributed by atoms with Gasteiger partial charge in [0.1, 0.15) is 19.4 Å². The Labute approximate surface area is 185 Å². The van der Waals surface area contributed by atoms with Gasteiger partial charge in [-0.2, -0.15) is 0 Å². The standard InChI is InChI=1S/C23H32ClNO4Si/c1-15(2)30(16(3)4,17(5)6)13-10-21(26)25(23(11-12-23)22(27)28)18-8-9-20(29-7)19(24)14-18/h8-9,14-17H,11-12H2,1-7H3,(H,27,28). The Kier molecular flexibility index (Phi) is 7.31. The van der Waals surface area contributed by atoms with Crippen LogP contribution in [0.3, 0.4) is 0 Å². The number of aliphatic carboxylic acids is 1. The van der Waals surface area contributed by atoms with Crippen LogP contribution in [-0.2, 0) is 9.59 Å². The van der Waals surface area contributed by atoms with Crippen LogP contribution in [0.5, 0.6) is 5.75 Å². The fourth-order valence-electron chi connectivity index (χ4n) is 4.66. The maximum atomic E-state index is 13.4. The minimum absolute atomic E-state index is 0.317. The van der Waals surface area contributed by atoms with Gasteiger partial charge in [-0.1, -0.05) is 53.1 Å². The van der Waals surface area contributed by atoms with Gasteiger partial charge >= 0.3 is 11.9 Å².